The van der Waals surface area contributed by atoms with Crippen LogP contribution in [0.3, 0.4) is 0 Å². The third-order valence-electron chi connectivity index (χ3n) is 3.94. The second-order valence-corrected chi connectivity index (χ2v) is 6.50. The Kier molecular flexibility index (Phi) is 6.10. The van der Waals surface area contributed by atoms with Gasteiger partial charge in [-0.15, -0.1) is 10.2 Å². The van der Waals surface area contributed by atoms with Gasteiger partial charge in [-0.25, -0.2) is 0 Å². The summed E-state index contributed by atoms with van der Waals surface area (Å²) >= 11 is 1.44. The zero-order chi connectivity index (χ0) is 16.8. The van der Waals surface area contributed by atoms with E-state index in [1.165, 1.54) is 11.3 Å². The minimum atomic E-state index is -0.224. The fraction of sp³-hybridized carbons (Fsp3) is 0.471. The van der Waals surface area contributed by atoms with E-state index in [0.717, 1.165) is 34.7 Å². The van der Waals surface area contributed by atoms with E-state index in [0.29, 0.717) is 11.0 Å². The maximum absolute atomic E-state index is 12.0. The van der Waals surface area contributed by atoms with E-state index >= 15 is 0 Å². The lowest BCUT2D eigenvalue weighted by atomic mass is 10.1. The molecule has 1 N–H and O–H groups in total. The van der Waals surface area contributed by atoms with Crippen molar-refractivity contribution in [3.63, 3.8) is 0 Å². The molecule has 23 heavy (non-hydrogen) atoms. The van der Waals surface area contributed by atoms with E-state index in [1.54, 1.807) is 0 Å². The van der Waals surface area contributed by atoms with Crippen molar-refractivity contribution in [2.75, 3.05) is 11.9 Å². The molecule has 1 aromatic carbocycles. The first-order chi connectivity index (χ1) is 11.0. The number of amides is 1. The summed E-state index contributed by atoms with van der Waals surface area (Å²) in [5.41, 5.74) is 2.19. The second-order valence-electron chi connectivity index (χ2n) is 5.49. The van der Waals surface area contributed by atoms with E-state index in [1.807, 2.05) is 32.0 Å². The van der Waals surface area contributed by atoms with Gasteiger partial charge in [0.1, 0.15) is 10.8 Å². The molecule has 0 saturated heterocycles. The van der Waals surface area contributed by atoms with Crippen molar-refractivity contribution >= 4 is 22.4 Å². The Bertz CT molecular complexity index is 666. The topological polar surface area (TPSA) is 64.1 Å². The lowest BCUT2D eigenvalue weighted by molar-refractivity contribution is -0.118. The molecule has 1 heterocycles. The molecule has 0 aliphatic heterocycles. The maximum Gasteiger partial charge on any atom is 0.264 e. The number of hydrogen-bond acceptors (Lipinski definition) is 5. The lowest BCUT2D eigenvalue weighted by Crippen LogP contribution is -2.20. The van der Waals surface area contributed by atoms with Gasteiger partial charge in [-0.05, 0) is 43.9 Å². The summed E-state index contributed by atoms with van der Waals surface area (Å²) in [6.07, 6.45) is 2.05. The minimum absolute atomic E-state index is 0.0375. The van der Waals surface area contributed by atoms with Crippen molar-refractivity contribution in [3.8, 4) is 5.75 Å². The standard InChI is InChI=1S/C17H23N3O2S/c1-5-13(6-2)16-19-20-17(23-16)18-15(21)10-22-14-9-7-8-11(3)12(14)4/h7-9,13H,5-6,10H2,1-4H3,(H,18,20,21). The number of aromatic nitrogens is 2. The number of rotatable bonds is 7. The first kappa shape index (κ1) is 17.4. The van der Waals surface area contributed by atoms with Crippen molar-refractivity contribution < 1.29 is 9.53 Å². The van der Waals surface area contributed by atoms with Crippen LogP contribution in [0.25, 0.3) is 0 Å². The third kappa shape index (κ3) is 4.51. The molecule has 1 aromatic heterocycles. The molecule has 6 heteroatoms. The van der Waals surface area contributed by atoms with E-state index < -0.39 is 0 Å². The Labute approximate surface area is 141 Å². The Morgan fingerprint density at radius 2 is 2.00 bits per heavy atom. The Morgan fingerprint density at radius 3 is 2.70 bits per heavy atom. The summed E-state index contributed by atoms with van der Waals surface area (Å²) < 4.78 is 5.59. The van der Waals surface area contributed by atoms with Crippen LogP contribution in [0, 0.1) is 13.8 Å². The lowest BCUT2D eigenvalue weighted by Gasteiger charge is -2.10. The average molecular weight is 333 g/mol. The van der Waals surface area contributed by atoms with Crippen LogP contribution < -0.4 is 10.1 Å². The number of nitrogens with zero attached hydrogens (tertiary/aromatic N) is 2. The van der Waals surface area contributed by atoms with Gasteiger partial charge in [0.15, 0.2) is 6.61 Å². The fourth-order valence-corrected chi connectivity index (χ4v) is 3.29. The van der Waals surface area contributed by atoms with Gasteiger partial charge in [0.2, 0.25) is 5.13 Å². The van der Waals surface area contributed by atoms with Crippen LogP contribution in [0.5, 0.6) is 5.75 Å². The quantitative estimate of drug-likeness (QED) is 0.829. The van der Waals surface area contributed by atoms with Crippen LogP contribution in [0.1, 0.15) is 48.7 Å². The van der Waals surface area contributed by atoms with Crippen LogP contribution in [0.2, 0.25) is 0 Å². The highest BCUT2D eigenvalue weighted by atomic mass is 32.1. The monoisotopic (exact) mass is 333 g/mol. The molecule has 2 rings (SSSR count). The summed E-state index contributed by atoms with van der Waals surface area (Å²) in [7, 11) is 0. The number of ether oxygens (including phenoxy) is 1. The van der Waals surface area contributed by atoms with Gasteiger partial charge in [0, 0.05) is 5.92 Å². The molecule has 0 fully saturated rings. The van der Waals surface area contributed by atoms with Crippen molar-refractivity contribution in [1.29, 1.82) is 0 Å². The van der Waals surface area contributed by atoms with Gasteiger partial charge in [-0.1, -0.05) is 37.3 Å². The van der Waals surface area contributed by atoms with Crippen molar-refractivity contribution in [2.45, 2.75) is 46.5 Å². The average Bonchev–Trinajstić information content (AvgIpc) is 2.98. The van der Waals surface area contributed by atoms with Crippen LogP contribution in [0.4, 0.5) is 5.13 Å². The Balaban J connectivity index is 1.91. The zero-order valence-electron chi connectivity index (χ0n) is 14.0. The van der Waals surface area contributed by atoms with Gasteiger partial charge in [-0.2, -0.15) is 0 Å². The number of anilines is 1. The fourth-order valence-electron chi connectivity index (χ4n) is 2.27. The van der Waals surface area contributed by atoms with Gasteiger partial charge in [-0.3, -0.25) is 10.1 Å². The smallest absolute Gasteiger partial charge is 0.264 e. The summed E-state index contributed by atoms with van der Waals surface area (Å²) in [5, 5.41) is 12.5. The van der Waals surface area contributed by atoms with Gasteiger partial charge in [0.05, 0.1) is 0 Å². The Hall–Kier alpha value is -1.95. The summed E-state index contributed by atoms with van der Waals surface area (Å²) in [6, 6.07) is 5.80. The number of aryl methyl sites for hydroxylation is 1. The van der Waals surface area contributed by atoms with Crippen molar-refractivity contribution in [2.24, 2.45) is 0 Å². The molecule has 0 radical (unpaired) electrons. The van der Waals surface area contributed by atoms with Crippen molar-refractivity contribution in [3.05, 3.63) is 34.3 Å². The second kappa shape index (κ2) is 8.06. The molecule has 0 aliphatic carbocycles. The van der Waals surface area contributed by atoms with E-state index in [4.69, 9.17) is 4.74 Å². The van der Waals surface area contributed by atoms with Crippen molar-refractivity contribution in [1.82, 2.24) is 10.2 Å². The highest BCUT2D eigenvalue weighted by molar-refractivity contribution is 7.15. The predicted molar refractivity (Wildman–Crippen MR) is 93.3 cm³/mol. The normalized spacial score (nSPS) is 10.8. The number of benzene rings is 1. The number of carbonyl (C=O) groups is 1. The minimum Gasteiger partial charge on any atom is -0.483 e. The number of nitrogens with one attached hydrogen (secondary N) is 1. The third-order valence-corrected chi connectivity index (χ3v) is 4.94. The van der Waals surface area contributed by atoms with E-state index in [-0.39, 0.29) is 12.5 Å². The van der Waals surface area contributed by atoms with Crippen LogP contribution >= 0.6 is 11.3 Å². The molecular formula is C17H23N3O2S. The van der Waals surface area contributed by atoms with E-state index in [9.17, 15) is 4.79 Å². The summed E-state index contributed by atoms with van der Waals surface area (Å²) in [6.45, 7) is 8.22. The molecule has 124 valence electrons. The molecule has 0 unspecified atom stereocenters. The van der Waals surface area contributed by atoms with Crippen LogP contribution in [-0.4, -0.2) is 22.7 Å². The molecule has 0 aliphatic rings. The van der Waals surface area contributed by atoms with Crippen LogP contribution in [-0.2, 0) is 4.79 Å². The first-order valence-electron chi connectivity index (χ1n) is 7.87. The first-order valence-corrected chi connectivity index (χ1v) is 8.69. The largest absolute Gasteiger partial charge is 0.483 e. The zero-order valence-corrected chi connectivity index (χ0v) is 14.9. The molecule has 5 nitrogen and oxygen atoms in total. The van der Waals surface area contributed by atoms with Crippen LogP contribution in [0.15, 0.2) is 18.2 Å². The number of hydrogen-bond donors (Lipinski definition) is 1. The predicted octanol–water partition coefficient (Wildman–Crippen LogP) is 4.08. The van der Waals surface area contributed by atoms with E-state index in [2.05, 4.69) is 29.4 Å². The maximum atomic E-state index is 12.0. The Morgan fingerprint density at radius 1 is 1.26 bits per heavy atom. The highest BCUT2D eigenvalue weighted by Crippen LogP contribution is 2.28. The van der Waals surface area contributed by atoms with Gasteiger partial charge in [0.25, 0.3) is 5.91 Å². The summed E-state index contributed by atoms with van der Waals surface area (Å²) in [4.78, 5) is 12.0. The molecule has 0 saturated carbocycles. The molecular weight excluding hydrogens is 310 g/mol. The molecule has 2 aromatic rings. The number of carbonyl (C=O) groups excluding carboxylic acids is 1. The molecule has 0 spiro atoms. The summed E-state index contributed by atoms with van der Waals surface area (Å²) in [5.74, 6) is 0.914. The van der Waals surface area contributed by atoms with Gasteiger partial charge >= 0.3 is 0 Å². The molecule has 0 bridgehead atoms. The highest BCUT2D eigenvalue weighted by Gasteiger charge is 2.15. The van der Waals surface area contributed by atoms with Gasteiger partial charge < -0.3 is 4.74 Å². The molecule has 1 amide bonds. The molecule has 0 atom stereocenters. The SMILES string of the molecule is CCC(CC)c1nnc(NC(=O)COc2cccc(C)c2C)s1.